The smallest absolute Gasteiger partial charge is 0.416 e. The summed E-state index contributed by atoms with van der Waals surface area (Å²) in [4.78, 5) is 11.7. The maximum Gasteiger partial charge on any atom is 0.416 e. The van der Waals surface area contributed by atoms with Gasteiger partial charge in [-0.1, -0.05) is 35.9 Å². The Kier molecular flexibility index (Phi) is 6.95. The maximum absolute atomic E-state index is 12.8. The average molecular weight is 485 g/mol. The Hall–Kier alpha value is -3.24. The van der Waals surface area contributed by atoms with Crippen LogP contribution in [0, 0.1) is 0 Å². The Balaban J connectivity index is 1.68. The summed E-state index contributed by atoms with van der Waals surface area (Å²) >= 11 is 6.07. The van der Waals surface area contributed by atoms with E-state index >= 15 is 0 Å². The Morgan fingerprint density at radius 1 is 0.938 bits per heavy atom. The van der Waals surface area contributed by atoms with E-state index < -0.39 is 27.7 Å². The van der Waals surface area contributed by atoms with E-state index in [-0.39, 0.29) is 28.0 Å². The summed E-state index contributed by atoms with van der Waals surface area (Å²) in [5.74, 6) is -0.386. The summed E-state index contributed by atoms with van der Waals surface area (Å²) in [7, 11) is -4.22. The molecule has 0 aliphatic carbocycles. The van der Waals surface area contributed by atoms with E-state index in [9.17, 15) is 26.4 Å². The Morgan fingerprint density at radius 3 is 2.28 bits per heavy atom. The molecule has 11 heteroatoms. The summed E-state index contributed by atoms with van der Waals surface area (Å²) in [6.45, 7) is -0.372. The zero-order chi connectivity index (χ0) is 23.4. The molecule has 6 nitrogen and oxygen atoms in total. The second-order valence-corrected chi connectivity index (χ2v) is 8.57. The zero-order valence-electron chi connectivity index (χ0n) is 16.2. The summed E-state index contributed by atoms with van der Waals surface area (Å²) < 4.78 is 71.0. The number of carbonyl (C=O) groups excluding carboxylic acids is 1. The number of nitrogens with one attached hydrogen (secondary N) is 2. The molecule has 0 unspecified atom stereocenters. The number of benzene rings is 3. The van der Waals surface area contributed by atoms with Gasteiger partial charge in [-0.3, -0.25) is 9.52 Å². The van der Waals surface area contributed by atoms with Crippen LogP contribution in [-0.4, -0.2) is 20.9 Å². The molecule has 0 heterocycles. The molecule has 32 heavy (non-hydrogen) atoms. The van der Waals surface area contributed by atoms with Gasteiger partial charge >= 0.3 is 6.18 Å². The van der Waals surface area contributed by atoms with E-state index in [4.69, 9.17) is 16.3 Å². The second kappa shape index (κ2) is 9.49. The highest BCUT2D eigenvalue weighted by Gasteiger charge is 2.30. The van der Waals surface area contributed by atoms with Crippen LogP contribution in [0.15, 0.2) is 77.7 Å². The van der Waals surface area contributed by atoms with Gasteiger partial charge in [-0.25, -0.2) is 8.42 Å². The number of para-hydroxylation sites is 1. The van der Waals surface area contributed by atoms with E-state index in [0.717, 1.165) is 24.3 Å². The first-order valence-corrected chi connectivity index (χ1v) is 10.9. The lowest BCUT2D eigenvalue weighted by Crippen LogP contribution is -2.20. The number of rotatable bonds is 7. The molecular formula is C21H16ClF3N2O4S. The number of carbonyl (C=O) groups is 1. The van der Waals surface area contributed by atoms with Crippen molar-refractivity contribution in [3.05, 3.63) is 83.4 Å². The number of alkyl halides is 3. The predicted molar refractivity (Wildman–Crippen MR) is 114 cm³/mol. The number of hydrogen-bond donors (Lipinski definition) is 2. The van der Waals surface area contributed by atoms with Gasteiger partial charge in [0.05, 0.1) is 15.5 Å². The van der Waals surface area contributed by atoms with Gasteiger partial charge in [0.15, 0.2) is 6.61 Å². The number of anilines is 2. The van der Waals surface area contributed by atoms with Crippen LogP contribution < -0.4 is 14.8 Å². The Morgan fingerprint density at radius 2 is 1.62 bits per heavy atom. The fourth-order valence-electron chi connectivity index (χ4n) is 2.60. The first-order valence-electron chi connectivity index (χ1n) is 9.02. The van der Waals surface area contributed by atoms with Crippen molar-refractivity contribution >= 4 is 38.9 Å². The molecule has 1 amide bonds. The zero-order valence-corrected chi connectivity index (χ0v) is 17.8. The third kappa shape index (κ3) is 6.14. The highest BCUT2D eigenvalue weighted by atomic mass is 35.5. The van der Waals surface area contributed by atoms with Crippen molar-refractivity contribution in [1.29, 1.82) is 0 Å². The van der Waals surface area contributed by atoms with E-state index in [1.54, 1.807) is 30.3 Å². The molecule has 0 aliphatic heterocycles. The van der Waals surface area contributed by atoms with Crippen LogP contribution in [-0.2, 0) is 21.0 Å². The van der Waals surface area contributed by atoms with Crippen molar-refractivity contribution in [3.63, 3.8) is 0 Å². The van der Waals surface area contributed by atoms with Crippen molar-refractivity contribution in [2.45, 2.75) is 11.1 Å². The quantitative estimate of drug-likeness (QED) is 0.484. The summed E-state index contributed by atoms with van der Waals surface area (Å²) in [6, 6.07) is 16.0. The molecular weight excluding hydrogens is 469 g/mol. The van der Waals surface area contributed by atoms with Gasteiger partial charge in [-0.2, -0.15) is 13.2 Å². The highest BCUT2D eigenvalue weighted by Crippen LogP contribution is 2.32. The molecule has 0 radical (unpaired) electrons. The minimum absolute atomic E-state index is 0.0629. The lowest BCUT2D eigenvalue weighted by Gasteiger charge is -2.13. The SMILES string of the molecule is O=C(COc1ccc(S(=O)(=O)Nc2cccc(C(F)(F)F)c2)cc1Cl)Nc1ccccc1. The molecule has 3 aromatic carbocycles. The third-order valence-corrected chi connectivity index (χ3v) is 5.75. The summed E-state index contributed by atoms with van der Waals surface area (Å²) in [5, 5.41) is 2.52. The molecule has 168 valence electrons. The number of hydrogen-bond acceptors (Lipinski definition) is 4. The molecule has 2 N–H and O–H groups in total. The first-order chi connectivity index (χ1) is 15.0. The van der Waals surface area contributed by atoms with Crippen LogP contribution >= 0.6 is 11.6 Å². The molecule has 0 atom stereocenters. The van der Waals surface area contributed by atoms with Gasteiger partial charge in [0.25, 0.3) is 15.9 Å². The number of sulfonamides is 1. The first kappa shape index (κ1) is 23.4. The van der Waals surface area contributed by atoms with Crippen LogP contribution in [0.4, 0.5) is 24.5 Å². The monoisotopic (exact) mass is 484 g/mol. The fraction of sp³-hybridized carbons (Fsp3) is 0.0952. The normalized spacial score (nSPS) is 11.6. The molecule has 0 saturated heterocycles. The van der Waals surface area contributed by atoms with Crippen molar-refractivity contribution in [3.8, 4) is 5.75 Å². The summed E-state index contributed by atoms with van der Waals surface area (Å²) in [6.07, 6.45) is -4.61. The van der Waals surface area contributed by atoms with Crippen molar-refractivity contribution in [2.75, 3.05) is 16.6 Å². The lowest BCUT2D eigenvalue weighted by atomic mass is 10.2. The molecule has 0 saturated carbocycles. The third-order valence-electron chi connectivity index (χ3n) is 4.07. The molecule has 3 rings (SSSR count). The number of amides is 1. The largest absolute Gasteiger partial charge is 0.482 e. The van der Waals surface area contributed by atoms with Crippen LogP contribution in [0.3, 0.4) is 0 Å². The molecule has 0 aliphatic rings. The maximum atomic E-state index is 12.8. The van der Waals surface area contributed by atoms with Crippen molar-refractivity contribution in [2.24, 2.45) is 0 Å². The second-order valence-electron chi connectivity index (χ2n) is 6.48. The molecule has 0 spiro atoms. The minimum Gasteiger partial charge on any atom is -0.482 e. The fourth-order valence-corrected chi connectivity index (χ4v) is 3.98. The highest BCUT2D eigenvalue weighted by molar-refractivity contribution is 7.92. The van der Waals surface area contributed by atoms with Gasteiger partial charge in [-0.05, 0) is 48.5 Å². The van der Waals surface area contributed by atoms with Gasteiger partial charge in [0, 0.05) is 11.4 Å². The van der Waals surface area contributed by atoms with E-state index in [1.165, 1.54) is 12.1 Å². The van der Waals surface area contributed by atoms with Crippen LogP contribution in [0.5, 0.6) is 5.75 Å². The molecule has 3 aromatic rings. The van der Waals surface area contributed by atoms with Gasteiger partial charge < -0.3 is 10.1 Å². The molecule has 0 aromatic heterocycles. The lowest BCUT2D eigenvalue weighted by molar-refractivity contribution is -0.137. The van der Waals surface area contributed by atoms with Crippen LogP contribution in [0.25, 0.3) is 0 Å². The minimum atomic E-state index is -4.61. The Labute approximate surface area is 187 Å². The number of halogens is 4. The Bertz CT molecular complexity index is 1220. The van der Waals surface area contributed by atoms with E-state index in [2.05, 4.69) is 10.0 Å². The van der Waals surface area contributed by atoms with E-state index in [0.29, 0.717) is 11.8 Å². The summed E-state index contributed by atoms with van der Waals surface area (Å²) in [5.41, 5.74) is -0.670. The predicted octanol–water partition coefficient (Wildman–Crippen LogP) is 5.18. The molecule has 0 bridgehead atoms. The number of ether oxygens (including phenoxy) is 1. The van der Waals surface area contributed by atoms with Gasteiger partial charge in [0.1, 0.15) is 5.75 Å². The van der Waals surface area contributed by atoms with Gasteiger partial charge in [-0.15, -0.1) is 0 Å². The topological polar surface area (TPSA) is 84.5 Å². The van der Waals surface area contributed by atoms with Crippen molar-refractivity contribution in [1.82, 2.24) is 0 Å². The molecule has 0 fully saturated rings. The van der Waals surface area contributed by atoms with E-state index in [1.807, 2.05) is 0 Å². The van der Waals surface area contributed by atoms with Crippen LogP contribution in [0.1, 0.15) is 5.56 Å². The standard InChI is InChI=1S/C21H16ClF3N2O4S/c22-18-12-17(32(29,30)27-16-8-4-5-14(11-16)21(23,24)25)9-10-19(18)31-13-20(28)26-15-6-2-1-3-7-15/h1-12,27H,13H2,(H,26,28). The van der Waals surface area contributed by atoms with Crippen LogP contribution in [0.2, 0.25) is 5.02 Å². The average Bonchev–Trinajstić information content (AvgIpc) is 2.73. The van der Waals surface area contributed by atoms with Gasteiger partial charge in [0.2, 0.25) is 0 Å². The van der Waals surface area contributed by atoms with Crippen molar-refractivity contribution < 1.29 is 31.1 Å².